The fourth-order valence-electron chi connectivity index (χ4n) is 3.32. The Labute approximate surface area is 133 Å². The smallest absolute Gasteiger partial charge is 0.248 e. The van der Waals surface area contributed by atoms with Gasteiger partial charge in [0.05, 0.1) is 11.4 Å². The summed E-state index contributed by atoms with van der Waals surface area (Å²) in [4.78, 5) is 20.8. The molecule has 0 saturated carbocycles. The number of hydrogen-bond acceptors (Lipinski definition) is 4. The molecule has 2 aliphatic heterocycles. The molecule has 6 heteroatoms. The maximum absolute atomic E-state index is 13.4. The number of anilines is 2. The zero-order valence-electron chi connectivity index (χ0n) is 12.6. The van der Waals surface area contributed by atoms with Crippen LogP contribution >= 0.6 is 0 Å². The van der Waals surface area contributed by atoms with Crippen LogP contribution in [0.1, 0.15) is 5.56 Å². The fourth-order valence-corrected chi connectivity index (χ4v) is 3.32. The van der Waals surface area contributed by atoms with E-state index in [1.165, 1.54) is 17.7 Å². The van der Waals surface area contributed by atoms with Gasteiger partial charge in [-0.15, -0.1) is 0 Å². The van der Waals surface area contributed by atoms with Gasteiger partial charge in [0.15, 0.2) is 0 Å². The number of benzene rings is 1. The first-order valence-electron chi connectivity index (χ1n) is 7.69. The maximum atomic E-state index is 13.4. The molecule has 23 heavy (non-hydrogen) atoms. The SMILES string of the molecule is O=C1Nc2cc(F)ccc2N2CCN(Cc3ccncc3)CC12. The first-order valence-corrected chi connectivity index (χ1v) is 7.69. The zero-order chi connectivity index (χ0) is 15.8. The van der Waals surface area contributed by atoms with E-state index in [1.54, 1.807) is 18.5 Å². The Kier molecular flexibility index (Phi) is 3.46. The van der Waals surface area contributed by atoms with Crippen LogP contribution in [-0.4, -0.2) is 41.5 Å². The standard InChI is InChI=1S/C17H17FN4O/c18-13-1-2-15-14(9-13)20-17(23)16-11-21(7-8-22(15)16)10-12-3-5-19-6-4-12/h1-6,9,16H,7-8,10-11H2,(H,20,23). The number of rotatable bonds is 2. The Hall–Kier alpha value is -2.47. The molecule has 2 aromatic rings. The molecule has 5 nitrogen and oxygen atoms in total. The molecule has 0 spiro atoms. The molecule has 2 aliphatic rings. The van der Waals surface area contributed by atoms with Gasteiger partial charge in [-0.05, 0) is 35.9 Å². The van der Waals surface area contributed by atoms with Gasteiger partial charge in [0, 0.05) is 38.6 Å². The molecule has 0 bridgehead atoms. The molecule has 0 radical (unpaired) electrons. The Balaban J connectivity index is 1.54. The molecule has 118 valence electrons. The lowest BCUT2D eigenvalue weighted by molar-refractivity contribution is -0.118. The molecule has 1 fully saturated rings. The second kappa shape index (κ2) is 5.62. The van der Waals surface area contributed by atoms with Crippen molar-refractivity contribution in [2.24, 2.45) is 0 Å². The average molecular weight is 312 g/mol. The third-order valence-electron chi connectivity index (χ3n) is 4.45. The minimum absolute atomic E-state index is 0.0671. The Bertz CT molecular complexity index is 737. The summed E-state index contributed by atoms with van der Waals surface area (Å²) in [6.45, 7) is 3.08. The normalized spacial score (nSPS) is 20.7. The number of pyridine rings is 1. The molecule has 1 unspecified atom stereocenters. The van der Waals surface area contributed by atoms with Crippen molar-refractivity contribution < 1.29 is 9.18 Å². The number of fused-ring (bicyclic) bond motifs is 3. The van der Waals surface area contributed by atoms with Gasteiger partial charge in [-0.1, -0.05) is 0 Å². The molecule has 3 heterocycles. The molecular weight excluding hydrogens is 295 g/mol. The van der Waals surface area contributed by atoms with Crippen molar-refractivity contribution in [1.29, 1.82) is 0 Å². The molecule has 4 rings (SSSR count). The monoisotopic (exact) mass is 312 g/mol. The summed E-state index contributed by atoms with van der Waals surface area (Å²) < 4.78 is 13.4. The van der Waals surface area contributed by atoms with Crippen LogP contribution in [0.5, 0.6) is 0 Å². The summed E-state index contributed by atoms with van der Waals surface area (Å²) >= 11 is 0. The number of aromatic nitrogens is 1. The highest BCUT2D eigenvalue weighted by atomic mass is 19.1. The van der Waals surface area contributed by atoms with Crippen molar-refractivity contribution in [2.75, 3.05) is 29.9 Å². The fraction of sp³-hybridized carbons (Fsp3) is 0.294. The predicted molar refractivity (Wildman–Crippen MR) is 85.7 cm³/mol. The number of amides is 1. The van der Waals surface area contributed by atoms with E-state index in [4.69, 9.17) is 0 Å². The van der Waals surface area contributed by atoms with Crippen LogP contribution in [0.15, 0.2) is 42.7 Å². The quantitative estimate of drug-likeness (QED) is 0.919. The van der Waals surface area contributed by atoms with E-state index in [2.05, 4.69) is 20.1 Å². The third kappa shape index (κ3) is 2.66. The molecule has 1 N–H and O–H groups in total. The molecule has 1 aromatic heterocycles. The van der Waals surface area contributed by atoms with E-state index in [1.807, 2.05) is 12.1 Å². The van der Waals surface area contributed by atoms with Crippen molar-refractivity contribution in [3.05, 3.63) is 54.1 Å². The Morgan fingerprint density at radius 3 is 2.87 bits per heavy atom. The summed E-state index contributed by atoms with van der Waals surface area (Å²) in [5.41, 5.74) is 2.65. The number of nitrogens with zero attached hydrogens (tertiary/aromatic N) is 3. The number of hydrogen-bond donors (Lipinski definition) is 1. The highest BCUT2D eigenvalue weighted by Gasteiger charge is 2.37. The number of piperazine rings is 1. The van der Waals surface area contributed by atoms with E-state index in [-0.39, 0.29) is 17.8 Å². The number of carbonyl (C=O) groups is 1. The van der Waals surface area contributed by atoms with Crippen LogP contribution in [0.4, 0.5) is 15.8 Å². The molecule has 1 aromatic carbocycles. The van der Waals surface area contributed by atoms with E-state index in [9.17, 15) is 9.18 Å². The topological polar surface area (TPSA) is 48.5 Å². The molecule has 0 aliphatic carbocycles. The lowest BCUT2D eigenvalue weighted by atomic mass is 10.0. The second-order valence-corrected chi connectivity index (χ2v) is 5.95. The molecule has 1 saturated heterocycles. The largest absolute Gasteiger partial charge is 0.355 e. The van der Waals surface area contributed by atoms with Crippen molar-refractivity contribution >= 4 is 17.3 Å². The van der Waals surface area contributed by atoms with Gasteiger partial charge in [-0.2, -0.15) is 0 Å². The highest BCUT2D eigenvalue weighted by Crippen LogP contribution is 2.34. The average Bonchev–Trinajstić information content (AvgIpc) is 2.56. The first-order chi connectivity index (χ1) is 11.2. The number of nitrogens with one attached hydrogen (secondary N) is 1. The summed E-state index contributed by atoms with van der Waals surface area (Å²) in [5, 5.41) is 2.83. The lowest BCUT2D eigenvalue weighted by Crippen LogP contribution is -2.59. The third-order valence-corrected chi connectivity index (χ3v) is 4.45. The van der Waals surface area contributed by atoms with Crippen molar-refractivity contribution in [1.82, 2.24) is 9.88 Å². The van der Waals surface area contributed by atoms with Crippen LogP contribution in [0.3, 0.4) is 0 Å². The summed E-state index contributed by atoms with van der Waals surface area (Å²) in [5.74, 6) is -0.402. The summed E-state index contributed by atoms with van der Waals surface area (Å²) in [7, 11) is 0. The summed E-state index contributed by atoms with van der Waals surface area (Å²) in [6.07, 6.45) is 3.56. The molecular formula is C17H17FN4O. The lowest BCUT2D eigenvalue weighted by Gasteiger charge is -2.45. The van der Waals surface area contributed by atoms with Crippen molar-refractivity contribution in [3.8, 4) is 0 Å². The molecule has 1 amide bonds. The van der Waals surface area contributed by atoms with Gasteiger partial charge in [0.2, 0.25) is 5.91 Å². The number of carbonyl (C=O) groups excluding carboxylic acids is 1. The van der Waals surface area contributed by atoms with Crippen molar-refractivity contribution in [3.63, 3.8) is 0 Å². The van der Waals surface area contributed by atoms with Crippen LogP contribution in [0.2, 0.25) is 0 Å². The van der Waals surface area contributed by atoms with Crippen LogP contribution in [-0.2, 0) is 11.3 Å². The van der Waals surface area contributed by atoms with Crippen LogP contribution in [0, 0.1) is 5.82 Å². The molecule has 1 atom stereocenters. The second-order valence-electron chi connectivity index (χ2n) is 5.95. The van der Waals surface area contributed by atoms with E-state index in [0.29, 0.717) is 12.2 Å². The van der Waals surface area contributed by atoms with Crippen molar-refractivity contribution in [2.45, 2.75) is 12.6 Å². The van der Waals surface area contributed by atoms with Gasteiger partial charge in [-0.3, -0.25) is 14.7 Å². The zero-order valence-corrected chi connectivity index (χ0v) is 12.6. The minimum atomic E-state index is -0.334. The van der Waals surface area contributed by atoms with Gasteiger partial charge in [-0.25, -0.2) is 4.39 Å². The first kappa shape index (κ1) is 14.1. The predicted octanol–water partition coefficient (Wildman–Crippen LogP) is 1.86. The van der Waals surface area contributed by atoms with Crippen LogP contribution in [0.25, 0.3) is 0 Å². The minimum Gasteiger partial charge on any atom is -0.355 e. The van der Waals surface area contributed by atoms with E-state index >= 15 is 0 Å². The summed E-state index contributed by atoms with van der Waals surface area (Å²) in [6, 6.07) is 8.32. The highest BCUT2D eigenvalue weighted by molar-refractivity contribution is 6.03. The number of halogens is 1. The van der Waals surface area contributed by atoms with Crippen LogP contribution < -0.4 is 10.2 Å². The maximum Gasteiger partial charge on any atom is 0.248 e. The van der Waals surface area contributed by atoms with Gasteiger partial charge in [0.25, 0.3) is 0 Å². The van der Waals surface area contributed by atoms with Gasteiger partial charge in [0.1, 0.15) is 11.9 Å². The Morgan fingerprint density at radius 1 is 1.22 bits per heavy atom. The van der Waals surface area contributed by atoms with Gasteiger partial charge >= 0.3 is 0 Å². The van der Waals surface area contributed by atoms with E-state index < -0.39 is 0 Å². The Morgan fingerprint density at radius 2 is 2.04 bits per heavy atom. The van der Waals surface area contributed by atoms with Gasteiger partial charge < -0.3 is 10.2 Å². The van der Waals surface area contributed by atoms with E-state index in [0.717, 1.165) is 25.3 Å².